The molecule has 1 aliphatic heterocycles. The molecule has 1 aromatic carbocycles. The minimum Gasteiger partial charge on any atom is -0.478 e. The highest BCUT2D eigenvalue weighted by molar-refractivity contribution is 5.91. The third kappa shape index (κ3) is 2.89. The molecular weight excluding hydrogens is 240 g/mol. The predicted molar refractivity (Wildman–Crippen MR) is 77.1 cm³/mol. The van der Waals surface area contributed by atoms with Crippen LogP contribution in [0.3, 0.4) is 0 Å². The summed E-state index contributed by atoms with van der Waals surface area (Å²) < 4.78 is 0. The number of anilines is 1. The average Bonchev–Trinajstić information content (AvgIpc) is 2.90. The van der Waals surface area contributed by atoms with Gasteiger partial charge in [0, 0.05) is 19.8 Å². The molecule has 1 saturated heterocycles. The van der Waals surface area contributed by atoms with E-state index in [2.05, 4.69) is 12.2 Å². The summed E-state index contributed by atoms with van der Waals surface area (Å²) >= 11 is 0. The highest BCUT2D eigenvalue weighted by Crippen LogP contribution is 2.32. The monoisotopic (exact) mass is 262 g/mol. The van der Waals surface area contributed by atoms with Crippen molar-refractivity contribution in [1.82, 2.24) is 5.32 Å². The van der Waals surface area contributed by atoms with Crippen molar-refractivity contribution in [1.29, 1.82) is 0 Å². The molecule has 0 bridgehead atoms. The van der Waals surface area contributed by atoms with Crippen LogP contribution in [0.5, 0.6) is 0 Å². The van der Waals surface area contributed by atoms with Gasteiger partial charge in [0.25, 0.3) is 0 Å². The lowest BCUT2D eigenvalue weighted by Crippen LogP contribution is -2.17. The van der Waals surface area contributed by atoms with Crippen molar-refractivity contribution in [2.24, 2.45) is 5.92 Å². The van der Waals surface area contributed by atoms with Gasteiger partial charge in [-0.25, -0.2) is 4.79 Å². The van der Waals surface area contributed by atoms with Gasteiger partial charge in [-0.3, -0.25) is 0 Å². The zero-order valence-electron chi connectivity index (χ0n) is 11.8. The van der Waals surface area contributed by atoms with E-state index < -0.39 is 5.97 Å². The molecule has 0 aliphatic carbocycles. The Balaban J connectivity index is 2.35. The number of carboxylic acids is 1. The standard InChI is InChI=1S/C15H22N2O2/c1-10(11-6-7-16-9-11)13-5-4-12(17(2)3)8-14(13)15(18)19/h4-5,8,10-11,16H,6-7,9H2,1-3H3,(H,18,19). The summed E-state index contributed by atoms with van der Waals surface area (Å²) in [6.45, 7) is 4.15. The zero-order valence-corrected chi connectivity index (χ0v) is 11.8. The van der Waals surface area contributed by atoms with E-state index in [1.54, 1.807) is 6.07 Å². The van der Waals surface area contributed by atoms with E-state index in [9.17, 15) is 9.90 Å². The molecule has 2 rings (SSSR count). The van der Waals surface area contributed by atoms with Gasteiger partial charge in [0.15, 0.2) is 0 Å². The smallest absolute Gasteiger partial charge is 0.336 e. The Morgan fingerprint density at radius 1 is 1.47 bits per heavy atom. The van der Waals surface area contributed by atoms with Crippen LogP contribution in [0.4, 0.5) is 5.69 Å². The molecule has 0 radical (unpaired) electrons. The van der Waals surface area contributed by atoms with E-state index in [1.807, 2.05) is 31.1 Å². The maximum atomic E-state index is 11.5. The van der Waals surface area contributed by atoms with Crippen molar-refractivity contribution in [2.45, 2.75) is 19.3 Å². The fraction of sp³-hybridized carbons (Fsp3) is 0.533. The molecule has 2 unspecified atom stereocenters. The second-order valence-corrected chi connectivity index (χ2v) is 5.51. The van der Waals surface area contributed by atoms with Gasteiger partial charge in [0.1, 0.15) is 0 Å². The lowest BCUT2D eigenvalue weighted by Gasteiger charge is -2.22. The Morgan fingerprint density at radius 2 is 2.21 bits per heavy atom. The van der Waals surface area contributed by atoms with E-state index in [4.69, 9.17) is 0 Å². The maximum Gasteiger partial charge on any atom is 0.336 e. The summed E-state index contributed by atoms with van der Waals surface area (Å²) in [5.74, 6) is -0.0304. The van der Waals surface area contributed by atoms with Gasteiger partial charge in [-0.1, -0.05) is 13.0 Å². The molecule has 2 N–H and O–H groups in total. The van der Waals surface area contributed by atoms with Crippen molar-refractivity contribution < 1.29 is 9.90 Å². The molecule has 2 atom stereocenters. The normalized spacial score (nSPS) is 20.3. The molecule has 1 aromatic rings. The highest BCUT2D eigenvalue weighted by Gasteiger charge is 2.26. The second-order valence-electron chi connectivity index (χ2n) is 5.51. The molecule has 19 heavy (non-hydrogen) atoms. The number of rotatable bonds is 4. The summed E-state index contributed by atoms with van der Waals surface area (Å²) in [7, 11) is 3.84. The molecule has 1 aliphatic rings. The van der Waals surface area contributed by atoms with Crippen molar-refractivity contribution in [3.05, 3.63) is 29.3 Å². The van der Waals surface area contributed by atoms with Gasteiger partial charge < -0.3 is 15.3 Å². The molecule has 0 saturated carbocycles. The highest BCUT2D eigenvalue weighted by atomic mass is 16.4. The Bertz CT molecular complexity index is 465. The summed E-state index contributed by atoms with van der Waals surface area (Å²) in [6.07, 6.45) is 1.12. The van der Waals surface area contributed by atoms with Gasteiger partial charge in [0.2, 0.25) is 0 Å². The van der Waals surface area contributed by atoms with Crippen LogP contribution in [-0.2, 0) is 0 Å². The van der Waals surface area contributed by atoms with Crippen LogP contribution in [-0.4, -0.2) is 38.3 Å². The van der Waals surface area contributed by atoms with Crippen LogP contribution in [0.25, 0.3) is 0 Å². The first kappa shape index (κ1) is 13.9. The Labute approximate surface area is 114 Å². The Hall–Kier alpha value is -1.55. The molecule has 1 fully saturated rings. The Morgan fingerprint density at radius 3 is 2.74 bits per heavy atom. The fourth-order valence-electron chi connectivity index (χ4n) is 2.76. The third-order valence-electron chi connectivity index (χ3n) is 4.08. The van der Waals surface area contributed by atoms with E-state index in [1.165, 1.54) is 0 Å². The molecule has 4 heteroatoms. The first-order chi connectivity index (χ1) is 9.00. The number of nitrogens with one attached hydrogen (secondary N) is 1. The predicted octanol–water partition coefficient (Wildman–Crippen LogP) is 2.16. The molecule has 0 amide bonds. The van der Waals surface area contributed by atoms with Gasteiger partial charge >= 0.3 is 5.97 Å². The summed E-state index contributed by atoms with van der Waals surface area (Å²) in [4.78, 5) is 13.4. The number of benzene rings is 1. The van der Waals surface area contributed by atoms with E-state index in [0.717, 1.165) is 30.8 Å². The molecule has 4 nitrogen and oxygen atoms in total. The minimum atomic E-state index is -0.837. The van der Waals surface area contributed by atoms with E-state index in [0.29, 0.717) is 11.5 Å². The second kappa shape index (κ2) is 5.61. The molecule has 104 valence electrons. The maximum absolute atomic E-state index is 11.5. The number of aromatic carboxylic acids is 1. The third-order valence-corrected chi connectivity index (χ3v) is 4.08. The summed E-state index contributed by atoms with van der Waals surface area (Å²) in [6, 6.07) is 5.75. The Kier molecular flexibility index (Phi) is 4.10. The van der Waals surface area contributed by atoms with Gasteiger partial charge in [-0.15, -0.1) is 0 Å². The van der Waals surface area contributed by atoms with Gasteiger partial charge in [-0.2, -0.15) is 0 Å². The van der Waals surface area contributed by atoms with Crippen LogP contribution in [0.2, 0.25) is 0 Å². The largest absolute Gasteiger partial charge is 0.478 e. The van der Waals surface area contributed by atoms with E-state index in [-0.39, 0.29) is 5.92 Å². The molecule has 0 aromatic heterocycles. The number of nitrogens with zero attached hydrogens (tertiary/aromatic N) is 1. The summed E-state index contributed by atoms with van der Waals surface area (Å²) in [5, 5.41) is 12.8. The van der Waals surface area contributed by atoms with Crippen molar-refractivity contribution in [3.63, 3.8) is 0 Å². The lowest BCUT2D eigenvalue weighted by atomic mass is 9.84. The van der Waals surface area contributed by atoms with Gasteiger partial charge in [0.05, 0.1) is 5.56 Å². The van der Waals surface area contributed by atoms with Gasteiger partial charge in [-0.05, 0) is 49.0 Å². The first-order valence-electron chi connectivity index (χ1n) is 6.76. The SMILES string of the molecule is CC(c1ccc(N(C)C)cc1C(=O)O)C1CCNC1. The number of carboxylic acid groups (broad SMARTS) is 1. The minimum absolute atomic E-state index is 0.275. The average molecular weight is 262 g/mol. The number of hydrogen-bond donors (Lipinski definition) is 2. The number of hydrogen-bond acceptors (Lipinski definition) is 3. The lowest BCUT2D eigenvalue weighted by molar-refractivity contribution is 0.0695. The summed E-state index contributed by atoms with van der Waals surface area (Å²) in [5.41, 5.74) is 2.32. The topological polar surface area (TPSA) is 52.6 Å². The van der Waals surface area contributed by atoms with E-state index >= 15 is 0 Å². The van der Waals surface area contributed by atoms with Crippen LogP contribution in [0.1, 0.15) is 35.2 Å². The molecule has 1 heterocycles. The van der Waals surface area contributed by atoms with Crippen LogP contribution < -0.4 is 10.2 Å². The van der Waals surface area contributed by atoms with Crippen molar-refractivity contribution in [3.8, 4) is 0 Å². The van der Waals surface area contributed by atoms with Crippen molar-refractivity contribution >= 4 is 11.7 Å². The van der Waals surface area contributed by atoms with Crippen LogP contribution >= 0.6 is 0 Å². The van der Waals surface area contributed by atoms with Crippen molar-refractivity contribution in [2.75, 3.05) is 32.1 Å². The zero-order chi connectivity index (χ0) is 14.0. The van der Waals surface area contributed by atoms with Crippen LogP contribution in [0, 0.1) is 5.92 Å². The number of carbonyl (C=O) groups is 1. The van der Waals surface area contributed by atoms with Crippen LogP contribution in [0.15, 0.2) is 18.2 Å². The first-order valence-corrected chi connectivity index (χ1v) is 6.76. The molecule has 0 spiro atoms. The quantitative estimate of drug-likeness (QED) is 0.873. The molecular formula is C15H22N2O2. The fourth-order valence-corrected chi connectivity index (χ4v) is 2.76.